The lowest BCUT2D eigenvalue weighted by Crippen LogP contribution is -2.41. The van der Waals surface area contributed by atoms with Gasteiger partial charge in [-0.1, -0.05) is 20.8 Å². The molecule has 7 nitrogen and oxygen atoms in total. The average Bonchev–Trinajstić information content (AvgIpc) is 2.53. The van der Waals surface area contributed by atoms with Crippen LogP contribution in [0, 0.1) is 12.3 Å². The number of nitrogens with zero attached hydrogens (tertiary/aromatic N) is 3. The van der Waals surface area contributed by atoms with E-state index in [9.17, 15) is 4.79 Å². The van der Waals surface area contributed by atoms with Crippen molar-refractivity contribution in [1.29, 1.82) is 0 Å². The van der Waals surface area contributed by atoms with E-state index in [4.69, 9.17) is 4.74 Å². The Kier molecular flexibility index (Phi) is 6.67. The predicted molar refractivity (Wildman–Crippen MR) is 105 cm³/mol. The van der Waals surface area contributed by atoms with Crippen molar-refractivity contribution in [3.8, 4) is 0 Å². The molecule has 2 N–H and O–H groups in total. The van der Waals surface area contributed by atoms with Crippen molar-refractivity contribution in [2.45, 2.75) is 65.5 Å². The molecule has 0 atom stereocenters. The van der Waals surface area contributed by atoms with Crippen molar-refractivity contribution in [2.75, 3.05) is 30.9 Å². The van der Waals surface area contributed by atoms with Gasteiger partial charge in [-0.15, -0.1) is 0 Å². The summed E-state index contributed by atoms with van der Waals surface area (Å²) < 4.78 is 5.29. The highest BCUT2D eigenvalue weighted by Crippen LogP contribution is 2.23. The third-order valence-corrected chi connectivity index (χ3v) is 4.32. The summed E-state index contributed by atoms with van der Waals surface area (Å²) in [5.74, 6) is 2.52. The van der Waals surface area contributed by atoms with E-state index in [2.05, 4.69) is 20.6 Å². The normalized spacial score (nSPS) is 20.4. The molecule has 1 amide bonds. The summed E-state index contributed by atoms with van der Waals surface area (Å²) in [6.45, 7) is 8.48. The second-order valence-corrected chi connectivity index (χ2v) is 8.53. The lowest BCUT2D eigenvalue weighted by atomic mass is 9.91. The zero-order valence-electron chi connectivity index (χ0n) is 16.9. The third-order valence-electron chi connectivity index (χ3n) is 4.32. The molecule has 0 radical (unpaired) electrons. The van der Waals surface area contributed by atoms with Crippen molar-refractivity contribution in [2.24, 2.45) is 5.41 Å². The highest BCUT2D eigenvalue weighted by atomic mass is 16.5. The van der Waals surface area contributed by atoms with E-state index in [-0.39, 0.29) is 17.6 Å². The maximum Gasteiger partial charge on any atom is 0.407 e. The van der Waals surface area contributed by atoms with Crippen LogP contribution in [0.2, 0.25) is 0 Å². The molecule has 0 saturated heterocycles. The van der Waals surface area contributed by atoms with Crippen molar-refractivity contribution >= 4 is 17.7 Å². The monoisotopic (exact) mass is 363 g/mol. The number of anilines is 2. The fraction of sp³-hybridized carbons (Fsp3) is 0.737. The van der Waals surface area contributed by atoms with Crippen LogP contribution in [0.1, 0.15) is 52.3 Å². The van der Waals surface area contributed by atoms with Crippen LogP contribution in [0.3, 0.4) is 0 Å². The van der Waals surface area contributed by atoms with Gasteiger partial charge in [-0.2, -0.15) is 0 Å². The zero-order valence-corrected chi connectivity index (χ0v) is 16.9. The van der Waals surface area contributed by atoms with Crippen LogP contribution >= 0.6 is 0 Å². The largest absolute Gasteiger partial charge is 0.449 e. The number of aromatic nitrogens is 2. The van der Waals surface area contributed by atoms with Crippen LogP contribution in [0.15, 0.2) is 6.07 Å². The molecule has 0 unspecified atom stereocenters. The summed E-state index contributed by atoms with van der Waals surface area (Å²) in [5.41, 5.74) is -0.0139. The second-order valence-electron chi connectivity index (χ2n) is 8.53. The first-order valence-electron chi connectivity index (χ1n) is 9.35. The maximum atomic E-state index is 11.9. The van der Waals surface area contributed by atoms with Crippen LogP contribution in [0.5, 0.6) is 0 Å². The quantitative estimate of drug-likeness (QED) is 0.835. The molecule has 146 valence electrons. The summed E-state index contributed by atoms with van der Waals surface area (Å²) in [4.78, 5) is 22.8. The summed E-state index contributed by atoms with van der Waals surface area (Å²) >= 11 is 0. The van der Waals surface area contributed by atoms with Gasteiger partial charge in [0.25, 0.3) is 0 Å². The standard InChI is InChI=1S/C19H33N5O2/c1-13-20-16(11-17(21-13)24(5)6)22-14-7-9-15(10-8-14)23-18(25)26-12-19(2,3)4/h11,14-15H,7-10,12H2,1-6H3,(H,23,25)(H,20,21,22). The van der Waals surface area contributed by atoms with E-state index >= 15 is 0 Å². The number of carbonyl (C=O) groups excluding carboxylic acids is 1. The minimum Gasteiger partial charge on any atom is -0.449 e. The molecule has 0 bridgehead atoms. The second kappa shape index (κ2) is 8.56. The average molecular weight is 364 g/mol. The Bertz CT molecular complexity index is 604. The summed E-state index contributed by atoms with van der Waals surface area (Å²) in [6.07, 6.45) is 3.55. The highest BCUT2D eigenvalue weighted by molar-refractivity contribution is 5.67. The first kappa shape index (κ1) is 20.3. The molecule has 7 heteroatoms. The van der Waals surface area contributed by atoms with Gasteiger partial charge in [0, 0.05) is 32.2 Å². The number of alkyl carbamates (subject to hydrolysis) is 1. The molecular formula is C19H33N5O2. The summed E-state index contributed by atoms with van der Waals surface area (Å²) in [6, 6.07) is 2.52. The Labute approximate surface area is 156 Å². The van der Waals surface area contributed by atoms with Gasteiger partial charge in [0.15, 0.2) is 0 Å². The molecule has 2 rings (SSSR count). The van der Waals surface area contributed by atoms with E-state index in [0.29, 0.717) is 12.6 Å². The Hall–Kier alpha value is -2.05. The van der Waals surface area contributed by atoms with Crippen LogP contribution in [0.4, 0.5) is 16.4 Å². The van der Waals surface area contributed by atoms with Crippen LogP contribution < -0.4 is 15.5 Å². The van der Waals surface area contributed by atoms with Crippen molar-refractivity contribution in [3.63, 3.8) is 0 Å². The van der Waals surface area contributed by atoms with Gasteiger partial charge >= 0.3 is 6.09 Å². The number of amides is 1. The number of rotatable bonds is 5. The van der Waals surface area contributed by atoms with Gasteiger partial charge < -0.3 is 20.3 Å². The first-order valence-corrected chi connectivity index (χ1v) is 9.35. The summed E-state index contributed by atoms with van der Waals surface area (Å²) in [7, 11) is 3.95. The van der Waals surface area contributed by atoms with Gasteiger partial charge in [0.2, 0.25) is 0 Å². The molecule has 1 aromatic heterocycles. The zero-order chi connectivity index (χ0) is 19.3. The van der Waals surface area contributed by atoms with Gasteiger partial charge in [-0.05, 0) is 38.0 Å². The Morgan fingerprint density at radius 3 is 2.38 bits per heavy atom. The van der Waals surface area contributed by atoms with E-state index < -0.39 is 0 Å². The third kappa shape index (κ3) is 6.69. The van der Waals surface area contributed by atoms with E-state index in [1.165, 1.54) is 0 Å². The lowest BCUT2D eigenvalue weighted by molar-refractivity contribution is 0.101. The van der Waals surface area contributed by atoms with Gasteiger partial charge in [-0.3, -0.25) is 0 Å². The molecule has 0 spiro atoms. The molecular weight excluding hydrogens is 330 g/mol. The highest BCUT2D eigenvalue weighted by Gasteiger charge is 2.24. The molecule has 0 aromatic carbocycles. The topological polar surface area (TPSA) is 79.4 Å². The lowest BCUT2D eigenvalue weighted by Gasteiger charge is -2.30. The number of hydrogen-bond donors (Lipinski definition) is 2. The first-order chi connectivity index (χ1) is 12.1. The number of aryl methyl sites for hydroxylation is 1. The van der Waals surface area contributed by atoms with Crippen molar-refractivity contribution in [1.82, 2.24) is 15.3 Å². The molecule has 26 heavy (non-hydrogen) atoms. The SMILES string of the molecule is Cc1nc(NC2CCC(NC(=O)OCC(C)(C)C)CC2)cc(N(C)C)n1. The number of ether oxygens (including phenoxy) is 1. The molecule has 1 aliphatic rings. The maximum absolute atomic E-state index is 11.9. The Balaban J connectivity index is 1.79. The summed E-state index contributed by atoms with van der Waals surface area (Å²) in [5, 5.41) is 6.50. The molecule has 0 aliphatic heterocycles. The van der Waals surface area contributed by atoms with Crippen LogP contribution in [-0.4, -0.2) is 48.8 Å². The van der Waals surface area contributed by atoms with Crippen LogP contribution in [-0.2, 0) is 4.74 Å². The number of hydrogen-bond acceptors (Lipinski definition) is 6. The van der Waals surface area contributed by atoms with Gasteiger partial charge in [-0.25, -0.2) is 14.8 Å². The van der Waals surface area contributed by atoms with E-state index in [0.717, 1.165) is 43.1 Å². The van der Waals surface area contributed by atoms with Crippen LogP contribution in [0.25, 0.3) is 0 Å². The number of carbonyl (C=O) groups is 1. The van der Waals surface area contributed by atoms with Gasteiger partial charge in [0.05, 0.1) is 6.61 Å². The van der Waals surface area contributed by atoms with Crippen molar-refractivity contribution < 1.29 is 9.53 Å². The van der Waals surface area contributed by atoms with E-state index in [1.54, 1.807) is 0 Å². The molecule has 1 aliphatic carbocycles. The Morgan fingerprint density at radius 1 is 1.19 bits per heavy atom. The number of nitrogens with one attached hydrogen (secondary N) is 2. The van der Waals surface area contributed by atoms with Crippen molar-refractivity contribution in [3.05, 3.63) is 11.9 Å². The predicted octanol–water partition coefficient (Wildman–Crippen LogP) is 3.35. The molecule has 1 saturated carbocycles. The fourth-order valence-corrected chi connectivity index (χ4v) is 2.94. The minimum atomic E-state index is -0.307. The van der Waals surface area contributed by atoms with Gasteiger partial charge in [0.1, 0.15) is 17.5 Å². The minimum absolute atomic E-state index is 0.0139. The molecule has 1 fully saturated rings. The van der Waals surface area contributed by atoms with E-state index in [1.807, 2.05) is 52.8 Å². The fourth-order valence-electron chi connectivity index (χ4n) is 2.94. The smallest absolute Gasteiger partial charge is 0.407 e. The molecule has 1 aromatic rings. The molecule has 1 heterocycles. The Morgan fingerprint density at radius 2 is 1.81 bits per heavy atom.